The number of hydrogen-bond acceptors (Lipinski definition) is 5. The van der Waals surface area contributed by atoms with Crippen molar-refractivity contribution in [3.8, 4) is 5.75 Å². The summed E-state index contributed by atoms with van der Waals surface area (Å²) in [6, 6.07) is 7.74. The van der Waals surface area contributed by atoms with E-state index in [1.165, 1.54) is 32.1 Å². The third-order valence-electron chi connectivity index (χ3n) is 4.27. The average Bonchev–Trinajstić information content (AvgIpc) is 2.64. The largest absolute Gasteiger partial charge is 0.494 e. The molecule has 0 unspecified atom stereocenters. The first-order chi connectivity index (χ1) is 11.7. The molecular formula is C19H34ClNO4. The van der Waals surface area contributed by atoms with Crippen molar-refractivity contribution in [2.75, 3.05) is 26.4 Å². The van der Waals surface area contributed by atoms with E-state index in [4.69, 9.17) is 4.74 Å². The van der Waals surface area contributed by atoms with Crippen molar-refractivity contribution < 1.29 is 20.1 Å². The van der Waals surface area contributed by atoms with E-state index in [2.05, 4.69) is 12.2 Å². The van der Waals surface area contributed by atoms with Crippen molar-refractivity contribution in [3.05, 3.63) is 29.8 Å². The number of halogens is 1. The molecule has 0 atom stereocenters. The van der Waals surface area contributed by atoms with Gasteiger partial charge in [0.25, 0.3) is 0 Å². The summed E-state index contributed by atoms with van der Waals surface area (Å²) in [4.78, 5) is 0. The van der Waals surface area contributed by atoms with Gasteiger partial charge in [0, 0.05) is 6.54 Å². The van der Waals surface area contributed by atoms with Gasteiger partial charge in [-0.05, 0) is 24.1 Å². The van der Waals surface area contributed by atoms with E-state index < -0.39 is 5.54 Å². The summed E-state index contributed by atoms with van der Waals surface area (Å²) >= 11 is 0. The molecule has 0 bridgehead atoms. The normalized spacial score (nSPS) is 11.2. The fraction of sp³-hybridized carbons (Fsp3) is 0.684. The SMILES string of the molecule is CCCCCCCCOc1ccc(CNC(CO)(CO)CO)cc1.Cl. The first-order valence-corrected chi connectivity index (χ1v) is 8.99. The highest BCUT2D eigenvalue weighted by molar-refractivity contribution is 5.85. The molecule has 1 aromatic carbocycles. The van der Waals surface area contributed by atoms with Crippen LogP contribution in [0.25, 0.3) is 0 Å². The fourth-order valence-corrected chi connectivity index (χ4v) is 2.38. The molecule has 0 fully saturated rings. The van der Waals surface area contributed by atoms with Crippen molar-refractivity contribution >= 4 is 12.4 Å². The molecule has 0 aliphatic carbocycles. The molecule has 0 radical (unpaired) electrons. The minimum absolute atomic E-state index is 0. The molecule has 0 aliphatic rings. The summed E-state index contributed by atoms with van der Waals surface area (Å²) in [5.41, 5.74) is -0.0471. The Labute approximate surface area is 157 Å². The van der Waals surface area contributed by atoms with Crippen LogP contribution in [0.4, 0.5) is 0 Å². The zero-order valence-electron chi connectivity index (χ0n) is 15.2. The molecule has 4 N–H and O–H groups in total. The summed E-state index contributed by atoms with van der Waals surface area (Å²) < 4.78 is 5.74. The van der Waals surface area contributed by atoms with Crippen molar-refractivity contribution in [1.29, 1.82) is 0 Å². The van der Waals surface area contributed by atoms with Crippen LogP contribution in [-0.2, 0) is 6.54 Å². The lowest BCUT2D eigenvalue weighted by Crippen LogP contribution is -2.54. The van der Waals surface area contributed by atoms with Gasteiger partial charge in [0.15, 0.2) is 0 Å². The quantitative estimate of drug-likeness (QED) is 0.376. The molecule has 0 saturated carbocycles. The molecular weight excluding hydrogens is 342 g/mol. The topological polar surface area (TPSA) is 82.0 Å². The van der Waals surface area contributed by atoms with Crippen molar-refractivity contribution in [2.24, 2.45) is 0 Å². The third kappa shape index (κ3) is 9.42. The van der Waals surface area contributed by atoms with Crippen LogP contribution < -0.4 is 10.1 Å². The third-order valence-corrected chi connectivity index (χ3v) is 4.27. The van der Waals surface area contributed by atoms with Gasteiger partial charge < -0.3 is 25.4 Å². The molecule has 5 nitrogen and oxygen atoms in total. The number of benzene rings is 1. The van der Waals surface area contributed by atoms with E-state index in [1.54, 1.807) is 0 Å². The Bertz CT molecular complexity index is 416. The van der Waals surface area contributed by atoms with Crippen molar-refractivity contribution in [3.63, 3.8) is 0 Å². The van der Waals surface area contributed by atoms with Crippen LogP contribution in [0.1, 0.15) is 51.0 Å². The predicted molar refractivity (Wildman–Crippen MR) is 103 cm³/mol. The van der Waals surface area contributed by atoms with Crippen LogP contribution in [0, 0.1) is 0 Å². The van der Waals surface area contributed by atoms with Gasteiger partial charge in [-0.25, -0.2) is 0 Å². The van der Waals surface area contributed by atoms with Crippen LogP contribution in [0.5, 0.6) is 5.75 Å². The number of aliphatic hydroxyl groups excluding tert-OH is 3. The number of rotatable bonds is 14. The Morgan fingerprint density at radius 3 is 2.00 bits per heavy atom. The van der Waals surface area contributed by atoms with Gasteiger partial charge in [0.2, 0.25) is 0 Å². The number of hydrogen-bond donors (Lipinski definition) is 4. The lowest BCUT2D eigenvalue weighted by molar-refractivity contribution is 0.0414. The van der Waals surface area contributed by atoms with Gasteiger partial charge in [0.1, 0.15) is 5.75 Å². The van der Waals surface area contributed by atoms with Gasteiger partial charge in [-0.1, -0.05) is 51.2 Å². The monoisotopic (exact) mass is 375 g/mol. The van der Waals surface area contributed by atoms with Crippen molar-refractivity contribution in [1.82, 2.24) is 5.32 Å². The molecule has 146 valence electrons. The second kappa shape index (κ2) is 14.3. The Balaban J connectivity index is 0.00000576. The second-order valence-corrected chi connectivity index (χ2v) is 6.37. The van der Waals surface area contributed by atoms with Gasteiger partial charge in [-0.15, -0.1) is 12.4 Å². The van der Waals surface area contributed by atoms with Crippen molar-refractivity contribution in [2.45, 2.75) is 57.5 Å². The van der Waals surface area contributed by atoms with Crippen LogP contribution in [0.3, 0.4) is 0 Å². The number of unbranched alkanes of at least 4 members (excludes halogenated alkanes) is 5. The highest BCUT2D eigenvalue weighted by atomic mass is 35.5. The molecule has 1 rings (SSSR count). The molecule has 0 amide bonds. The lowest BCUT2D eigenvalue weighted by Gasteiger charge is -2.28. The van der Waals surface area contributed by atoms with Gasteiger partial charge in [0.05, 0.1) is 32.0 Å². The summed E-state index contributed by atoms with van der Waals surface area (Å²) in [6.07, 6.45) is 7.49. The van der Waals surface area contributed by atoms with Crippen LogP contribution in [0.2, 0.25) is 0 Å². The Morgan fingerprint density at radius 2 is 1.44 bits per heavy atom. The van der Waals surface area contributed by atoms with Crippen LogP contribution in [0.15, 0.2) is 24.3 Å². The maximum Gasteiger partial charge on any atom is 0.119 e. The molecule has 0 heterocycles. The Morgan fingerprint density at radius 1 is 0.880 bits per heavy atom. The Hall–Kier alpha value is -0.850. The molecule has 0 aliphatic heterocycles. The molecule has 1 aromatic rings. The van der Waals surface area contributed by atoms with Gasteiger partial charge in [-0.3, -0.25) is 0 Å². The predicted octanol–water partition coefficient (Wildman–Crippen LogP) is 2.65. The Kier molecular flexibility index (Phi) is 13.8. The molecule has 0 spiro atoms. The maximum absolute atomic E-state index is 9.28. The summed E-state index contributed by atoms with van der Waals surface area (Å²) in [5.74, 6) is 0.852. The lowest BCUT2D eigenvalue weighted by atomic mass is 10.0. The first kappa shape index (κ1) is 24.1. The zero-order chi connectivity index (χ0) is 17.7. The molecule has 0 aromatic heterocycles. The molecule has 25 heavy (non-hydrogen) atoms. The highest BCUT2D eigenvalue weighted by Gasteiger charge is 2.26. The summed E-state index contributed by atoms with van der Waals surface area (Å²) in [5, 5.41) is 30.9. The van der Waals surface area contributed by atoms with E-state index in [1.807, 2.05) is 24.3 Å². The minimum atomic E-state index is -1.05. The fourth-order valence-electron chi connectivity index (χ4n) is 2.38. The van der Waals surface area contributed by atoms with Crippen LogP contribution >= 0.6 is 12.4 Å². The molecule has 0 saturated heterocycles. The summed E-state index contributed by atoms with van der Waals surface area (Å²) in [6.45, 7) is 2.46. The smallest absolute Gasteiger partial charge is 0.119 e. The minimum Gasteiger partial charge on any atom is -0.494 e. The van der Waals surface area contributed by atoms with Gasteiger partial charge in [-0.2, -0.15) is 0 Å². The van der Waals surface area contributed by atoms with E-state index in [-0.39, 0.29) is 32.2 Å². The summed E-state index contributed by atoms with van der Waals surface area (Å²) in [7, 11) is 0. The number of ether oxygens (including phenoxy) is 1. The van der Waals surface area contributed by atoms with E-state index in [0.29, 0.717) is 6.54 Å². The first-order valence-electron chi connectivity index (χ1n) is 8.99. The van der Waals surface area contributed by atoms with E-state index >= 15 is 0 Å². The van der Waals surface area contributed by atoms with E-state index in [9.17, 15) is 15.3 Å². The van der Waals surface area contributed by atoms with Crippen LogP contribution in [-0.4, -0.2) is 47.3 Å². The zero-order valence-corrected chi connectivity index (χ0v) is 16.1. The number of aliphatic hydroxyl groups is 3. The second-order valence-electron chi connectivity index (χ2n) is 6.37. The molecule has 6 heteroatoms. The standard InChI is InChI=1S/C19H33NO4.ClH/c1-2-3-4-5-6-7-12-24-18-10-8-17(9-11-18)13-20-19(14-21,15-22)16-23;/h8-11,20-23H,2-7,12-16H2,1H3;1H. The van der Waals surface area contributed by atoms with Gasteiger partial charge >= 0.3 is 0 Å². The average molecular weight is 376 g/mol. The highest BCUT2D eigenvalue weighted by Crippen LogP contribution is 2.14. The maximum atomic E-state index is 9.28. The number of nitrogens with one attached hydrogen (secondary N) is 1. The van der Waals surface area contributed by atoms with E-state index in [0.717, 1.165) is 24.3 Å².